The highest BCUT2D eigenvalue weighted by molar-refractivity contribution is 7.89. The molecule has 2 unspecified atom stereocenters. The molecule has 2 rings (SSSR count). The highest BCUT2D eigenvalue weighted by atomic mass is 32.2. The minimum Gasteiger partial charge on any atom is -0.389 e. The van der Waals surface area contributed by atoms with E-state index in [1.54, 1.807) is 19.1 Å². The van der Waals surface area contributed by atoms with Crippen LogP contribution >= 0.6 is 0 Å². The standard InChI is InChI=1S/C14H20N2O4S/c1-10(17)11-5-7-12(8-6-11)21(19,20)16-9-3-4-13(16)14(18)15-2/h5-8,10,13,17H,3-4,9H2,1-2H3,(H,15,18). The summed E-state index contributed by atoms with van der Waals surface area (Å²) in [6, 6.07) is 5.47. The third-order valence-corrected chi connectivity index (χ3v) is 5.64. The molecule has 6 nitrogen and oxygen atoms in total. The Balaban J connectivity index is 2.30. The molecule has 0 spiro atoms. The van der Waals surface area contributed by atoms with Crippen LogP contribution in [0, 0.1) is 0 Å². The van der Waals surface area contributed by atoms with Crippen LogP contribution in [0.15, 0.2) is 29.2 Å². The van der Waals surface area contributed by atoms with Crippen LogP contribution in [0.3, 0.4) is 0 Å². The van der Waals surface area contributed by atoms with Crippen molar-refractivity contribution in [1.29, 1.82) is 0 Å². The van der Waals surface area contributed by atoms with Crippen molar-refractivity contribution < 1.29 is 18.3 Å². The minimum atomic E-state index is -3.69. The Morgan fingerprint density at radius 1 is 1.38 bits per heavy atom. The van der Waals surface area contributed by atoms with E-state index in [1.165, 1.54) is 23.5 Å². The van der Waals surface area contributed by atoms with Crippen LogP contribution in [0.1, 0.15) is 31.4 Å². The van der Waals surface area contributed by atoms with E-state index in [2.05, 4.69) is 5.32 Å². The molecule has 1 aliphatic heterocycles. The highest BCUT2D eigenvalue weighted by Crippen LogP contribution is 2.27. The predicted molar refractivity (Wildman–Crippen MR) is 78.1 cm³/mol. The van der Waals surface area contributed by atoms with E-state index >= 15 is 0 Å². The SMILES string of the molecule is CNC(=O)C1CCCN1S(=O)(=O)c1ccc(C(C)O)cc1. The number of rotatable bonds is 4. The second kappa shape index (κ2) is 6.13. The molecule has 2 N–H and O–H groups in total. The number of carbonyl (C=O) groups is 1. The van der Waals surface area contributed by atoms with Gasteiger partial charge in [0.1, 0.15) is 6.04 Å². The molecule has 0 saturated carbocycles. The van der Waals surface area contributed by atoms with Gasteiger partial charge in [0.25, 0.3) is 0 Å². The van der Waals surface area contributed by atoms with E-state index in [4.69, 9.17) is 0 Å². The molecule has 21 heavy (non-hydrogen) atoms. The number of nitrogens with zero attached hydrogens (tertiary/aromatic N) is 1. The van der Waals surface area contributed by atoms with Crippen LogP contribution in [0.25, 0.3) is 0 Å². The van der Waals surface area contributed by atoms with Crippen molar-refractivity contribution in [2.24, 2.45) is 0 Å². The molecule has 2 atom stereocenters. The van der Waals surface area contributed by atoms with Crippen molar-refractivity contribution in [3.63, 3.8) is 0 Å². The summed E-state index contributed by atoms with van der Waals surface area (Å²) in [4.78, 5) is 11.9. The molecule has 0 radical (unpaired) electrons. The maximum absolute atomic E-state index is 12.6. The average Bonchev–Trinajstić information content (AvgIpc) is 2.96. The van der Waals surface area contributed by atoms with E-state index in [0.29, 0.717) is 24.9 Å². The molecule has 0 aliphatic carbocycles. The average molecular weight is 312 g/mol. The summed E-state index contributed by atoms with van der Waals surface area (Å²) in [5.74, 6) is -0.281. The third-order valence-electron chi connectivity index (χ3n) is 3.72. The number of sulfonamides is 1. The summed E-state index contributed by atoms with van der Waals surface area (Å²) >= 11 is 0. The molecule has 1 amide bonds. The van der Waals surface area contributed by atoms with E-state index in [0.717, 1.165) is 0 Å². The van der Waals surface area contributed by atoms with Crippen LogP contribution in [-0.4, -0.2) is 43.4 Å². The first-order valence-corrected chi connectivity index (χ1v) is 8.33. The number of aliphatic hydroxyl groups is 1. The molecule has 1 saturated heterocycles. The monoisotopic (exact) mass is 312 g/mol. The Morgan fingerprint density at radius 3 is 2.52 bits per heavy atom. The first-order valence-electron chi connectivity index (χ1n) is 6.89. The van der Waals surface area contributed by atoms with Crippen molar-refractivity contribution in [2.75, 3.05) is 13.6 Å². The number of likely N-dealkylation sites (N-methyl/N-ethyl adjacent to an activating group) is 1. The quantitative estimate of drug-likeness (QED) is 0.854. The van der Waals surface area contributed by atoms with Gasteiger partial charge in [-0.3, -0.25) is 4.79 Å². The maximum atomic E-state index is 12.6. The molecule has 116 valence electrons. The van der Waals surface area contributed by atoms with Gasteiger partial charge in [-0.15, -0.1) is 0 Å². The van der Waals surface area contributed by atoms with Gasteiger partial charge in [0.15, 0.2) is 0 Å². The van der Waals surface area contributed by atoms with Gasteiger partial charge in [-0.2, -0.15) is 4.31 Å². The fourth-order valence-electron chi connectivity index (χ4n) is 2.51. The number of nitrogens with one attached hydrogen (secondary N) is 1. The van der Waals surface area contributed by atoms with Gasteiger partial charge in [-0.05, 0) is 37.5 Å². The van der Waals surface area contributed by atoms with Gasteiger partial charge in [-0.1, -0.05) is 12.1 Å². The third kappa shape index (κ3) is 3.09. The van der Waals surface area contributed by atoms with Crippen LogP contribution in [0.2, 0.25) is 0 Å². The topological polar surface area (TPSA) is 86.7 Å². The molecule has 1 heterocycles. The molecule has 0 bridgehead atoms. The number of hydrogen-bond donors (Lipinski definition) is 2. The smallest absolute Gasteiger partial charge is 0.243 e. The number of aliphatic hydroxyl groups excluding tert-OH is 1. The summed E-state index contributed by atoms with van der Waals surface area (Å²) < 4.78 is 26.5. The normalized spacial score (nSPS) is 21.2. The van der Waals surface area contributed by atoms with Gasteiger partial charge in [0.05, 0.1) is 11.0 Å². The fourth-order valence-corrected chi connectivity index (χ4v) is 4.17. The van der Waals surface area contributed by atoms with Crippen molar-refractivity contribution in [3.8, 4) is 0 Å². The fraction of sp³-hybridized carbons (Fsp3) is 0.500. The largest absolute Gasteiger partial charge is 0.389 e. The van der Waals surface area contributed by atoms with Gasteiger partial charge in [0, 0.05) is 13.6 Å². The number of carbonyl (C=O) groups excluding carboxylic acids is 1. The van der Waals surface area contributed by atoms with Crippen molar-refractivity contribution in [1.82, 2.24) is 9.62 Å². The van der Waals surface area contributed by atoms with Crippen molar-refractivity contribution in [2.45, 2.75) is 36.8 Å². The van der Waals surface area contributed by atoms with Gasteiger partial charge in [0.2, 0.25) is 15.9 Å². The molecular formula is C14H20N2O4S. The highest BCUT2D eigenvalue weighted by Gasteiger charge is 2.38. The zero-order chi connectivity index (χ0) is 15.6. The number of hydrogen-bond acceptors (Lipinski definition) is 4. The lowest BCUT2D eigenvalue weighted by Crippen LogP contribution is -2.44. The van der Waals surface area contributed by atoms with E-state index < -0.39 is 22.2 Å². The summed E-state index contributed by atoms with van der Waals surface area (Å²) in [5.41, 5.74) is 0.651. The van der Waals surface area contributed by atoms with Gasteiger partial charge >= 0.3 is 0 Å². The first kappa shape index (κ1) is 15.9. The number of amides is 1. The lowest BCUT2D eigenvalue weighted by Gasteiger charge is -2.23. The second-order valence-corrected chi connectivity index (χ2v) is 7.02. The molecule has 1 fully saturated rings. The molecule has 0 aromatic heterocycles. The van der Waals surface area contributed by atoms with Crippen LogP contribution < -0.4 is 5.32 Å². The molecule has 1 aliphatic rings. The summed E-state index contributed by atoms with van der Waals surface area (Å²) in [7, 11) is -2.19. The van der Waals surface area contributed by atoms with E-state index in [1.807, 2.05) is 0 Å². The zero-order valence-corrected chi connectivity index (χ0v) is 12.9. The van der Waals surface area contributed by atoms with Crippen LogP contribution in [0.4, 0.5) is 0 Å². The minimum absolute atomic E-state index is 0.141. The van der Waals surface area contributed by atoms with E-state index in [-0.39, 0.29) is 10.8 Å². The van der Waals surface area contributed by atoms with Crippen LogP contribution in [0.5, 0.6) is 0 Å². The Labute approximate surface area is 124 Å². The molecule has 1 aromatic rings. The van der Waals surface area contributed by atoms with E-state index in [9.17, 15) is 18.3 Å². The predicted octanol–water partition coefficient (Wildman–Crippen LogP) is 0.639. The lowest BCUT2D eigenvalue weighted by atomic mass is 10.1. The summed E-state index contributed by atoms with van der Waals surface area (Å²) in [6.45, 7) is 1.96. The maximum Gasteiger partial charge on any atom is 0.243 e. The van der Waals surface area contributed by atoms with Gasteiger partial charge in [-0.25, -0.2) is 8.42 Å². The molecule has 7 heteroatoms. The Bertz CT molecular complexity index is 610. The van der Waals surface area contributed by atoms with Crippen LogP contribution in [-0.2, 0) is 14.8 Å². The summed E-state index contributed by atoms with van der Waals surface area (Å²) in [6.07, 6.45) is 0.556. The Morgan fingerprint density at radius 2 is 2.00 bits per heavy atom. The molecular weight excluding hydrogens is 292 g/mol. The van der Waals surface area contributed by atoms with Crippen molar-refractivity contribution in [3.05, 3.63) is 29.8 Å². The first-order chi connectivity index (χ1) is 9.87. The zero-order valence-electron chi connectivity index (χ0n) is 12.1. The summed E-state index contributed by atoms with van der Waals surface area (Å²) in [5, 5.41) is 12.0. The van der Waals surface area contributed by atoms with Crippen molar-refractivity contribution >= 4 is 15.9 Å². The Hall–Kier alpha value is -1.44. The Kier molecular flexibility index (Phi) is 4.65. The number of benzene rings is 1. The van der Waals surface area contributed by atoms with Gasteiger partial charge < -0.3 is 10.4 Å². The second-order valence-electron chi connectivity index (χ2n) is 5.13. The molecule has 1 aromatic carbocycles. The lowest BCUT2D eigenvalue weighted by molar-refractivity contribution is -0.123.